The normalized spacial score (nSPS) is 12.1. The number of para-hydroxylation sites is 1. The van der Waals surface area contributed by atoms with E-state index in [-0.39, 0.29) is 11.9 Å². The number of benzene rings is 2. The van der Waals surface area contributed by atoms with E-state index in [0.29, 0.717) is 0 Å². The number of hydrogen-bond acceptors (Lipinski definition) is 2. The van der Waals surface area contributed by atoms with Crippen LogP contribution < -0.4 is 5.32 Å². The van der Waals surface area contributed by atoms with E-state index in [1.54, 1.807) is 0 Å². The van der Waals surface area contributed by atoms with Gasteiger partial charge in [-0.1, -0.05) is 55.5 Å². The number of nitrogens with one attached hydrogen (secondary N) is 1. The molecule has 0 bridgehead atoms. The fourth-order valence-corrected chi connectivity index (χ4v) is 2.87. The van der Waals surface area contributed by atoms with Crippen molar-refractivity contribution < 1.29 is 4.79 Å². The monoisotopic (exact) mass is 318 g/mol. The van der Waals surface area contributed by atoms with Gasteiger partial charge in [0.1, 0.15) is 0 Å². The van der Waals surface area contributed by atoms with Crippen LogP contribution in [-0.2, 0) is 0 Å². The molecule has 1 atom stereocenters. The van der Waals surface area contributed by atoms with E-state index in [1.807, 2.05) is 68.4 Å². The molecule has 1 heterocycles. The summed E-state index contributed by atoms with van der Waals surface area (Å²) in [5, 5.41) is 3.99. The van der Waals surface area contributed by atoms with Gasteiger partial charge in [-0.3, -0.25) is 4.79 Å². The van der Waals surface area contributed by atoms with Gasteiger partial charge in [-0.25, -0.2) is 4.98 Å². The molecule has 0 saturated heterocycles. The van der Waals surface area contributed by atoms with Crippen LogP contribution in [0.2, 0.25) is 0 Å². The van der Waals surface area contributed by atoms with Gasteiger partial charge in [0.05, 0.1) is 16.8 Å². The van der Waals surface area contributed by atoms with E-state index in [4.69, 9.17) is 4.98 Å². The summed E-state index contributed by atoms with van der Waals surface area (Å²) >= 11 is 0. The molecule has 122 valence electrons. The van der Waals surface area contributed by atoms with Crippen molar-refractivity contribution in [1.82, 2.24) is 10.3 Å². The van der Waals surface area contributed by atoms with E-state index >= 15 is 0 Å². The quantitative estimate of drug-likeness (QED) is 0.755. The molecule has 3 heteroatoms. The van der Waals surface area contributed by atoms with Crippen molar-refractivity contribution in [3.63, 3.8) is 0 Å². The zero-order valence-corrected chi connectivity index (χ0v) is 14.3. The Hall–Kier alpha value is -2.68. The Balaban J connectivity index is 2.22. The maximum Gasteiger partial charge on any atom is 0.252 e. The van der Waals surface area contributed by atoms with Gasteiger partial charge in [0.15, 0.2) is 0 Å². The van der Waals surface area contributed by atoms with Crippen LogP contribution in [0.25, 0.3) is 22.2 Å². The van der Waals surface area contributed by atoms with Gasteiger partial charge in [-0.05, 0) is 31.9 Å². The molecule has 0 radical (unpaired) electrons. The van der Waals surface area contributed by atoms with Crippen LogP contribution in [0.3, 0.4) is 0 Å². The fourth-order valence-electron chi connectivity index (χ4n) is 2.87. The first-order chi connectivity index (χ1) is 11.6. The summed E-state index contributed by atoms with van der Waals surface area (Å²) in [7, 11) is 0. The van der Waals surface area contributed by atoms with E-state index in [0.717, 1.165) is 39.7 Å². The first-order valence-corrected chi connectivity index (χ1v) is 8.37. The molecule has 3 nitrogen and oxygen atoms in total. The zero-order chi connectivity index (χ0) is 17.1. The lowest BCUT2D eigenvalue weighted by Gasteiger charge is -2.17. The minimum absolute atomic E-state index is 0.0300. The average Bonchev–Trinajstić information content (AvgIpc) is 2.61. The summed E-state index contributed by atoms with van der Waals surface area (Å²) < 4.78 is 0. The number of amides is 1. The Bertz CT molecular complexity index is 872. The van der Waals surface area contributed by atoms with Gasteiger partial charge in [0.2, 0.25) is 0 Å². The first-order valence-electron chi connectivity index (χ1n) is 8.37. The molecule has 3 rings (SSSR count). The number of hydrogen-bond donors (Lipinski definition) is 1. The third kappa shape index (κ3) is 3.02. The maximum absolute atomic E-state index is 12.9. The lowest BCUT2D eigenvalue weighted by atomic mass is 9.97. The molecule has 1 aromatic heterocycles. The minimum Gasteiger partial charge on any atom is -0.350 e. The summed E-state index contributed by atoms with van der Waals surface area (Å²) in [6.45, 7) is 6.07. The number of rotatable bonds is 4. The van der Waals surface area contributed by atoms with Crippen molar-refractivity contribution in [1.29, 1.82) is 0 Å². The van der Waals surface area contributed by atoms with Gasteiger partial charge in [0, 0.05) is 17.0 Å². The molecule has 0 unspecified atom stereocenters. The molecular formula is C21H22N2O. The van der Waals surface area contributed by atoms with Crippen molar-refractivity contribution in [2.75, 3.05) is 0 Å². The Morgan fingerprint density at radius 2 is 1.75 bits per heavy atom. The molecule has 0 aliphatic rings. The highest BCUT2D eigenvalue weighted by Crippen LogP contribution is 2.29. The topological polar surface area (TPSA) is 42.0 Å². The van der Waals surface area contributed by atoms with Crippen LogP contribution in [0.5, 0.6) is 0 Å². The van der Waals surface area contributed by atoms with Crippen LogP contribution in [0, 0.1) is 6.92 Å². The Morgan fingerprint density at radius 1 is 1.08 bits per heavy atom. The predicted octanol–water partition coefficient (Wildman–Crippen LogP) is 4.74. The van der Waals surface area contributed by atoms with Gasteiger partial charge in [-0.15, -0.1) is 0 Å². The summed E-state index contributed by atoms with van der Waals surface area (Å²) in [5.41, 5.74) is 4.37. The van der Waals surface area contributed by atoms with E-state index in [1.165, 1.54) is 0 Å². The number of fused-ring (bicyclic) bond motifs is 1. The van der Waals surface area contributed by atoms with Crippen LogP contribution in [0.15, 0.2) is 54.6 Å². The third-order valence-corrected chi connectivity index (χ3v) is 4.40. The zero-order valence-electron chi connectivity index (χ0n) is 14.3. The molecule has 0 spiro atoms. The highest BCUT2D eigenvalue weighted by atomic mass is 16.1. The molecule has 0 fully saturated rings. The fraction of sp³-hybridized carbons (Fsp3) is 0.238. The number of pyridine rings is 1. The predicted molar refractivity (Wildman–Crippen MR) is 99.1 cm³/mol. The average molecular weight is 318 g/mol. The second-order valence-corrected chi connectivity index (χ2v) is 6.13. The summed E-state index contributed by atoms with van der Waals surface area (Å²) in [5.74, 6) is -0.0300. The number of carbonyl (C=O) groups is 1. The Kier molecular flexibility index (Phi) is 4.61. The standard InChI is InChI=1S/C21H22N2O/c1-4-14(2)22-21(24)19-15(3)20(16-10-6-5-7-11-16)23-18-13-9-8-12-17(18)19/h5-14H,4H2,1-3H3,(H,22,24)/t14-/m1/s1. The summed E-state index contributed by atoms with van der Waals surface area (Å²) in [4.78, 5) is 17.7. The lowest BCUT2D eigenvalue weighted by molar-refractivity contribution is 0.0940. The van der Waals surface area contributed by atoms with Gasteiger partial charge >= 0.3 is 0 Å². The molecule has 0 saturated carbocycles. The SMILES string of the molecule is CC[C@@H](C)NC(=O)c1c(C)c(-c2ccccc2)nc2ccccc12. The summed E-state index contributed by atoms with van der Waals surface area (Å²) in [6.07, 6.45) is 0.902. The Labute approximate surface area is 142 Å². The number of carbonyl (C=O) groups excluding carboxylic acids is 1. The molecule has 0 aliphatic carbocycles. The molecule has 0 aliphatic heterocycles. The number of aromatic nitrogens is 1. The smallest absolute Gasteiger partial charge is 0.252 e. The molecule has 2 aromatic carbocycles. The number of nitrogens with zero attached hydrogens (tertiary/aromatic N) is 1. The highest BCUT2D eigenvalue weighted by molar-refractivity contribution is 6.09. The third-order valence-electron chi connectivity index (χ3n) is 4.40. The van der Waals surface area contributed by atoms with E-state index in [9.17, 15) is 4.79 Å². The molecule has 3 aromatic rings. The molecular weight excluding hydrogens is 296 g/mol. The lowest BCUT2D eigenvalue weighted by Crippen LogP contribution is -2.32. The van der Waals surface area contributed by atoms with Crippen molar-refractivity contribution in [2.24, 2.45) is 0 Å². The largest absolute Gasteiger partial charge is 0.350 e. The van der Waals surface area contributed by atoms with E-state index in [2.05, 4.69) is 12.2 Å². The van der Waals surface area contributed by atoms with Gasteiger partial charge in [0.25, 0.3) is 5.91 Å². The van der Waals surface area contributed by atoms with E-state index < -0.39 is 0 Å². The van der Waals surface area contributed by atoms with Gasteiger partial charge in [-0.2, -0.15) is 0 Å². The van der Waals surface area contributed by atoms with Crippen LogP contribution >= 0.6 is 0 Å². The van der Waals surface area contributed by atoms with Crippen molar-refractivity contribution >= 4 is 16.8 Å². The first kappa shape index (κ1) is 16.2. The maximum atomic E-state index is 12.9. The van der Waals surface area contributed by atoms with Crippen LogP contribution in [-0.4, -0.2) is 16.9 Å². The van der Waals surface area contributed by atoms with Crippen LogP contribution in [0.1, 0.15) is 36.2 Å². The van der Waals surface area contributed by atoms with Crippen molar-refractivity contribution in [2.45, 2.75) is 33.2 Å². The minimum atomic E-state index is -0.0300. The second-order valence-electron chi connectivity index (χ2n) is 6.13. The molecule has 1 amide bonds. The Morgan fingerprint density at radius 3 is 2.46 bits per heavy atom. The molecule has 24 heavy (non-hydrogen) atoms. The van der Waals surface area contributed by atoms with Crippen molar-refractivity contribution in [3.8, 4) is 11.3 Å². The van der Waals surface area contributed by atoms with Crippen molar-refractivity contribution in [3.05, 3.63) is 65.7 Å². The summed E-state index contributed by atoms with van der Waals surface area (Å²) in [6, 6.07) is 18.0. The molecule has 1 N–H and O–H groups in total. The van der Waals surface area contributed by atoms with Gasteiger partial charge < -0.3 is 5.32 Å². The second kappa shape index (κ2) is 6.83. The highest BCUT2D eigenvalue weighted by Gasteiger charge is 2.19. The van der Waals surface area contributed by atoms with Crippen LogP contribution in [0.4, 0.5) is 0 Å².